The van der Waals surface area contributed by atoms with Crippen LogP contribution in [0.1, 0.15) is 29.2 Å². The summed E-state index contributed by atoms with van der Waals surface area (Å²) in [5.41, 5.74) is 0. The minimum absolute atomic E-state index is 0.102. The molecule has 2 rings (SSSR count). The summed E-state index contributed by atoms with van der Waals surface area (Å²) < 4.78 is 5.34. The molecule has 0 aromatic carbocycles. The highest BCUT2D eigenvalue weighted by Gasteiger charge is 2.24. The number of rotatable bonds is 4. The zero-order valence-corrected chi connectivity index (χ0v) is 8.17. The van der Waals surface area contributed by atoms with Crippen LogP contribution in [-0.4, -0.2) is 19.0 Å². The smallest absolute Gasteiger partial charge is 0.287 e. The van der Waals surface area contributed by atoms with E-state index in [2.05, 4.69) is 10.6 Å². The van der Waals surface area contributed by atoms with Gasteiger partial charge in [-0.05, 0) is 32.0 Å². The Morgan fingerprint density at radius 3 is 3.00 bits per heavy atom. The van der Waals surface area contributed by atoms with Gasteiger partial charge in [0.1, 0.15) is 5.76 Å². The molecule has 1 fully saturated rings. The molecular formula is C10H14N2O2. The molecule has 1 aromatic rings. The minimum Gasteiger partial charge on any atom is -0.455 e. The zero-order valence-electron chi connectivity index (χ0n) is 8.17. The van der Waals surface area contributed by atoms with E-state index in [0.29, 0.717) is 18.3 Å². The molecule has 0 unspecified atom stereocenters. The third-order valence-corrected chi connectivity index (χ3v) is 2.15. The molecule has 2 N–H and O–H groups in total. The van der Waals surface area contributed by atoms with E-state index in [1.54, 1.807) is 6.07 Å². The van der Waals surface area contributed by atoms with Crippen LogP contribution in [0.25, 0.3) is 0 Å². The van der Waals surface area contributed by atoms with Crippen molar-refractivity contribution in [1.29, 1.82) is 0 Å². The predicted molar refractivity (Wildman–Crippen MR) is 52.0 cm³/mol. The SMILES string of the molecule is CNCc1ccc(C(=O)NC2CC2)o1. The van der Waals surface area contributed by atoms with E-state index in [9.17, 15) is 4.79 Å². The first kappa shape index (κ1) is 9.27. The molecule has 0 aliphatic heterocycles. The summed E-state index contributed by atoms with van der Waals surface area (Å²) in [5.74, 6) is 1.09. The van der Waals surface area contributed by atoms with Gasteiger partial charge in [0.25, 0.3) is 5.91 Å². The first-order chi connectivity index (χ1) is 6.79. The average Bonchev–Trinajstić information content (AvgIpc) is 2.83. The lowest BCUT2D eigenvalue weighted by molar-refractivity contribution is 0.0921. The van der Waals surface area contributed by atoms with E-state index in [-0.39, 0.29) is 5.91 Å². The second-order valence-corrected chi connectivity index (χ2v) is 3.54. The van der Waals surface area contributed by atoms with E-state index < -0.39 is 0 Å². The lowest BCUT2D eigenvalue weighted by Crippen LogP contribution is -2.24. The average molecular weight is 194 g/mol. The Hall–Kier alpha value is -1.29. The Labute approximate surface area is 82.7 Å². The first-order valence-electron chi connectivity index (χ1n) is 4.84. The van der Waals surface area contributed by atoms with Gasteiger partial charge in [-0.15, -0.1) is 0 Å². The van der Waals surface area contributed by atoms with Gasteiger partial charge < -0.3 is 15.1 Å². The largest absolute Gasteiger partial charge is 0.455 e. The van der Waals surface area contributed by atoms with Crippen LogP contribution in [0.15, 0.2) is 16.5 Å². The normalized spacial score (nSPS) is 15.5. The Kier molecular flexibility index (Phi) is 2.54. The van der Waals surface area contributed by atoms with Crippen molar-refractivity contribution in [2.45, 2.75) is 25.4 Å². The van der Waals surface area contributed by atoms with E-state index in [4.69, 9.17) is 4.42 Å². The fraction of sp³-hybridized carbons (Fsp3) is 0.500. The lowest BCUT2D eigenvalue weighted by Gasteiger charge is -1.98. The highest BCUT2D eigenvalue weighted by atomic mass is 16.4. The Balaban J connectivity index is 1.96. The minimum atomic E-state index is -0.102. The van der Waals surface area contributed by atoms with Crippen molar-refractivity contribution in [3.63, 3.8) is 0 Å². The highest BCUT2D eigenvalue weighted by molar-refractivity contribution is 5.91. The molecule has 1 saturated carbocycles. The van der Waals surface area contributed by atoms with Gasteiger partial charge in [0.15, 0.2) is 5.76 Å². The molecule has 0 atom stereocenters. The Morgan fingerprint density at radius 1 is 1.57 bits per heavy atom. The monoisotopic (exact) mass is 194 g/mol. The van der Waals surface area contributed by atoms with Crippen molar-refractivity contribution in [3.05, 3.63) is 23.7 Å². The van der Waals surface area contributed by atoms with Crippen LogP contribution in [0.3, 0.4) is 0 Å². The fourth-order valence-corrected chi connectivity index (χ4v) is 1.25. The molecule has 0 bridgehead atoms. The first-order valence-corrected chi connectivity index (χ1v) is 4.84. The molecule has 14 heavy (non-hydrogen) atoms. The van der Waals surface area contributed by atoms with Crippen molar-refractivity contribution in [2.75, 3.05) is 7.05 Å². The molecule has 4 heteroatoms. The molecule has 1 aliphatic carbocycles. The molecule has 0 saturated heterocycles. The number of hydrogen-bond acceptors (Lipinski definition) is 3. The topological polar surface area (TPSA) is 54.3 Å². The van der Waals surface area contributed by atoms with Crippen LogP contribution in [0.2, 0.25) is 0 Å². The summed E-state index contributed by atoms with van der Waals surface area (Å²) in [7, 11) is 1.84. The lowest BCUT2D eigenvalue weighted by atomic mass is 10.4. The van der Waals surface area contributed by atoms with Crippen LogP contribution in [-0.2, 0) is 6.54 Å². The molecule has 1 aromatic heterocycles. The van der Waals surface area contributed by atoms with Crippen molar-refractivity contribution >= 4 is 5.91 Å². The highest BCUT2D eigenvalue weighted by Crippen LogP contribution is 2.19. The van der Waals surface area contributed by atoms with E-state index in [1.807, 2.05) is 13.1 Å². The Morgan fingerprint density at radius 2 is 2.36 bits per heavy atom. The maximum Gasteiger partial charge on any atom is 0.287 e. The molecular weight excluding hydrogens is 180 g/mol. The summed E-state index contributed by atoms with van der Waals surface area (Å²) in [6.45, 7) is 0.650. The quantitative estimate of drug-likeness (QED) is 0.748. The number of amides is 1. The predicted octanol–water partition coefficient (Wildman–Crippen LogP) is 0.891. The van der Waals surface area contributed by atoms with E-state index in [1.165, 1.54) is 0 Å². The molecule has 0 radical (unpaired) electrons. The maximum atomic E-state index is 11.5. The number of carbonyl (C=O) groups excluding carboxylic acids is 1. The summed E-state index contributed by atoms with van der Waals surface area (Å²) >= 11 is 0. The fourth-order valence-electron chi connectivity index (χ4n) is 1.25. The van der Waals surface area contributed by atoms with E-state index >= 15 is 0 Å². The molecule has 1 amide bonds. The van der Waals surface area contributed by atoms with Gasteiger partial charge in [0, 0.05) is 6.04 Å². The van der Waals surface area contributed by atoms with Crippen molar-refractivity contribution in [3.8, 4) is 0 Å². The van der Waals surface area contributed by atoms with Crippen molar-refractivity contribution in [2.24, 2.45) is 0 Å². The van der Waals surface area contributed by atoms with Crippen LogP contribution < -0.4 is 10.6 Å². The van der Waals surface area contributed by atoms with Gasteiger partial charge in [-0.2, -0.15) is 0 Å². The molecule has 1 heterocycles. The number of furan rings is 1. The summed E-state index contributed by atoms with van der Waals surface area (Å²) in [4.78, 5) is 11.5. The van der Waals surface area contributed by atoms with Crippen LogP contribution in [0.5, 0.6) is 0 Å². The number of nitrogens with one attached hydrogen (secondary N) is 2. The van der Waals surface area contributed by atoms with E-state index in [0.717, 1.165) is 18.6 Å². The molecule has 76 valence electrons. The van der Waals surface area contributed by atoms with Crippen molar-refractivity contribution < 1.29 is 9.21 Å². The third kappa shape index (κ3) is 2.14. The third-order valence-electron chi connectivity index (χ3n) is 2.15. The summed E-state index contributed by atoms with van der Waals surface area (Å²) in [5, 5.41) is 5.84. The van der Waals surface area contributed by atoms with Crippen LogP contribution in [0.4, 0.5) is 0 Å². The van der Waals surface area contributed by atoms with Gasteiger partial charge in [0.05, 0.1) is 6.54 Å². The standard InChI is InChI=1S/C10H14N2O2/c1-11-6-8-4-5-9(14-8)10(13)12-7-2-3-7/h4-5,7,11H,2-3,6H2,1H3,(H,12,13). The zero-order chi connectivity index (χ0) is 9.97. The maximum absolute atomic E-state index is 11.5. The van der Waals surface area contributed by atoms with Gasteiger partial charge in [-0.3, -0.25) is 4.79 Å². The molecule has 0 spiro atoms. The summed E-state index contributed by atoms with van der Waals surface area (Å²) in [6, 6.07) is 3.91. The second kappa shape index (κ2) is 3.84. The molecule has 4 nitrogen and oxygen atoms in total. The number of hydrogen-bond donors (Lipinski definition) is 2. The van der Waals surface area contributed by atoms with Gasteiger partial charge >= 0.3 is 0 Å². The van der Waals surface area contributed by atoms with Crippen LogP contribution >= 0.6 is 0 Å². The van der Waals surface area contributed by atoms with Gasteiger partial charge in [0.2, 0.25) is 0 Å². The van der Waals surface area contributed by atoms with Crippen molar-refractivity contribution in [1.82, 2.24) is 10.6 Å². The second-order valence-electron chi connectivity index (χ2n) is 3.54. The molecule has 1 aliphatic rings. The van der Waals surface area contributed by atoms with Crippen LogP contribution in [0, 0.1) is 0 Å². The Bertz CT molecular complexity index is 329. The summed E-state index contributed by atoms with van der Waals surface area (Å²) in [6.07, 6.45) is 2.19. The number of carbonyl (C=O) groups is 1. The van der Waals surface area contributed by atoms with Gasteiger partial charge in [-0.25, -0.2) is 0 Å². The van der Waals surface area contributed by atoms with Gasteiger partial charge in [-0.1, -0.05) is 0 Å².